The van der Waals surface area contributed by atoms with E-state index >= 15 is 0 Å². The zero-order valence-corrected chi connectivity index (χ0v) is 19.5. The summed E-state index contributed by atoms with van der Waals surface area (Å²) in [5.41, 5.74) is 0. The van der Waals surface area contributed by atoms with Crippen LogP contribution in [0.2, 0.25) is 0 Å². The van der Waals surface area contributed by atoms with Gasteiger partial charge in [-0.05, 0) is 43.6 Å². The molecule has 2 fully saturated rings. The molecular weight excluding hydrogens is 473 g/mol. The fourth-order valence-electron chi connectivity index (χ4n) is 3.72. The van der Waals surface area contributed by atoms with Gasteiger partial charge in [-0.2, -0.15) is 11.8 Å². The van der Waals surface area contributed by atoms with E-state index < -0.39 is 0 Å². The zero-order chi connectivity index (χ0) is 18.0. The van der Waals surface area contributed by atoms with Crippen molar-refractivity contribution in [1.29, 1.82) is 0 Å². The minimum Gasteiger partial charge on any atom is -0.469 e. The number of aliphatic imine (C=N–C) groups is 1. The molecule has 3 atom stereocenters. The number of furan rings is 1. The fourth-order valence-corrected chi connectivity index (χ4v) is 4.89. The highest BCUT2D eigenvalue weighted by atomic mass is 127. The Balaban J connectivity index is 0.00000261. The van der Waals surface area contributed by atoms with Crippen LogP contribution in [0.3, 0.4) is 0 Å². The molecule has 5 nitrogen and oxygen atoms in total. The Hall–Kier alpha value is -0.410. The molecule has 2 aliphatic rings. The Labute approximate surface area is 184 Å². The van der Waals surface area contributed by atoms with Crippen LogP contribution in [-0.4, -0.2) is 49.3 Å². The first-order valence-corrected chi connectivity index (χ1v) is 11.1. The first-order chi connectivity index (χ1) is 12.8. The maximum atomic E-state index is 5.49. The monoisotopic (exact) mass is 507 g/mol. The molecule has 1 aliphatic heterocycles. The predicted octanol–water partition coefficient (Wildman–Crippen LogP) is 4.08. The number of nitrogens with zero attached hydrogens (tertiary/aromatic N) is 1. The topological polar surface area (TPSA) is 58.8 Å². The van der Waals surface area contributed by atoms with E-state index in [1.165, 1.54) is 31.4 Å². The van der Waals surface area contributed by atoms with Crippen molar-refractivity contribution >= 4 is 41.7 Å². The number of hydrogen-bond acceptors (Lipinski definition) is 4. The van der Waals surface area contributed by atoms with E-state index in [1.807, 2.05) is 12.1 Å². The molecule has 2 N–H and O–H groups in total. The number of guanidine groups is 1. The number of halogens is 1. The standard InChI is InChI=1S/C20H33N3O2S.HI/c1-2-26-19-7-3-5-17(13-19)23-20(22-14-16-9-12-24-15-16)21-10-8-18-6-4-11-25-18;/h4,6,11,16-17,19H,2-3,5,7-10,12-15H2,1H3,(H2,21,22,23);1H. The van der Waals surface area contributed by atoms with Crippen LogP contribution in [0.15, 0.2) is 27.8 Å². The van der Waals surface area contributed by atoms with E-state index in [4.69, 9.17) is 14.1 Å². The summed E-state index contributed by atoms with van der Waals surface area (Å²) in [6, 6.07) is 4.49. The number of nitrogens with one attached hydrogen (secondary N) is 2. The molecule has 1 saturated carbocycles. The molecule has 0 radical (unpaired) electrons. The molecule has 0 bridgehead atoms. The Kier molecular flexibility index (Phi) is 11.0. The predicted molar refractivity (Wildman–Crippen MR) is 124 cm³/mol. The highest BCUT2D eigenvalue weighted by molar-refractivity contribution is 14.0. The molecule has 0 aromatic carbocycles. The van der Waals surface area contributed by atoms with Crippen LogP contribution >= 0.6 is 35.7 Å². The van der Waals surface area contributed by atoms with Gasteiger partial charge >= 0.3 is 0 Å². The van der Waals surface area contributed by atoms with Crippen LogP contribution in [-0.2, 0) is 11.2 Å². The average Bonchev–Trinajstić information content (AvgIpc) is 3.34. The summed E-state index contributed by atoms with van der Waals surface area (Å²) >= 11 is 2.10. The first-order valence-electron chi connectivity index (χ1n) is 10.1. The lowest BCUT2D eigenvalue weighted by atomic mass is 9.95. The summed E-state index contributed by atoms with van der Waals surface area (Å²) in [6.07, 6.45) is 8.88. The van der Waals surface area contributed by atoms with Crippen molar-refractivity contribution in [2.75, 3.05) is 32.1 Å². The number of hydrogen-bond donors (Lipinski definition) is 2. The summed E-state index contributed by atoms with van der Waals surface area (Å²) in [6.45, 7) is 5.67. The van der Waals surface area contributed by atoms with Gasteiger partial charge in [-0.1, -0.05) is 13.3 Å². The minimum atomic E-state index is 0. The highest BCUT2D eigenvalue weighted by Gasteiger charge is 2.23. The summed E-state index contributed by atoms with van der Waals surface area (Å²) in [5.74, 6) is 3.74. The molecule has 1 saturated heterocycles. The molecule has 2 heterocycles. The maximum Gasteiger partial charge on any atom is 0.191 e. The quantitative estimate of drug-likeness (QED) is 0.316. The van der Waals surface area contributed by atoms with Crippen LogP contribution in [0.4, 0.5) is 0 Å². The van der Waals surface area contributed by atoms with Crippen LogP contribution in [0.1, 0.15) is 44.8 Å². The molecule has 154 valence electrons. The van der Waals surface area contributed by atoms with Crippen molar-refractivity contribution in [2.24, 2.45) is 10.9 Å². The van der Waals surface area contributed by atoms with Gasteiger partial charge in [-0.15, -0.1) is 24.0 Å². The van der Waals surface area contributed by atoms with E-state index in [0.29, 0.717) is 12.0 Å². The van der Waals surface area contributed by atoms with E-state index in [-0.39, 0.29) is 24.0 Å². The highest BCUT2D eigenvalue weighted by Crippen LogP contribution is 2.28. The first kappa shape index (κ1) is 22.9. The van der Waals surface area contributed by atoms with Gasteiger partial charge in [-0.25, -0.2) is 0 Å². The van der Waals surface area contributed by atoms with Crippen molar-refractivity contribution in [2.45, 2.75) is 56.7 Å². The average molecular weight is 507 g/mol. The van der Waals surface area contributed by atoms with Gasteiger partial charge in [0.15, 0.2) is 5.96 Å². The molecule has 1 aliphatic carbocycles. The molecule has 0 spiro atoms. The Morgan fingerprint density at radius 2 is 2.26 bits per heavy atom. The van der Waals surface area contributed by atoms with Crippen LogP contribution in [0.5, 0.6) is 0 Å². The van der Waals surface area contributed by atoms with Crippen LogP contribution in [0, 0.1) is 5.92 Å². The van der Waals surface area contributed by atoms with Gasteiger partial charge in [0.25, 0.3) is 0 Å². The van der Waals surface area contributed by atoms with Crippen molar-refractivity contribution < 1.29 is 9.15 Å². The van der Waals surface area contributed by atoms with E-state index in [9.17, 15) is 0 Å². The van der Waals surface area contributed by atoms with Gasteiger partial charge in [0.2, 0.25) is 0 Å². The second kappa shape index (κ2) is 12.9. The second-order valence-electron chi connectivity index (χ2n) is 7.26. The third-order valence-electron chi connectivity index (χ3n) is 5.14. The summed E-state index contributed by atoms with van der Waals surface area (Å²) in [5, 5.41) is 8.00. The lowest BCUT2D eigenvalue weighted by molar-refractivity contribution is 0.187. The largest absolute Gasteiger partial charge is 0.469 e. The summed E-state index contributed by atoms with van der Waals surface area (Å²) in [7, 11) is 0. The van der Waals surface area contributed by atoms with Gasteiger partial charge in [0, 0.05) is 43.3 Å². The van der Waals surface area contributed by atoms with Crippen molar-refractivity contribution in [3.05, 3.63) is 24.2 Å². The SMILES string of the molecule is CCSC1CCCC(NC(=NCC2CCOC2)NCCc2ccco2)C1.I. The minimum absolute atomic E-state index is 0. The lowest BCUT2D eigenvalue weighted by Crippen LogP contribution is -2.46. The molecule has 3 unspecified atom stereocenters. The van der Waals surface area contributed by atoms with Gasteiger partial charge in [0.05, 0.1) is 12.9 Å². The van der Waals surface area contributed by atoms with E-state index in [2.05, 4.69) is 29.3 Å². The molecular formula is C20H34IN3O2S. The molecule has 3 rings (SSSR count). The van der Waals surface area contributed by atoms with Crippen molar-refractivity contribution in [3.8, 4) is 0 Å². The van der Waals surface area contributed by atoms with Gasteiger partial charge in [0.1, 0.15) is 5.76 Å². The zero-order valence-electron chi connectivity index (χ0n) is 16.3. The molecule has 0 amide bonds. The molecule has 7 heteroatoms. The lowest BCUT2D eigenvalue weighted by Gasteiger charge is -2.30. The fraction of sp³-hybridized carbons (Fsp3) is 0.750. The summed E-state index contributed by atoms with van der Waals surface area (Å²) in [4.78, 5) is 4.87. The van der Waals surface area contributed by atoms with Gasteiger partial charge in [-0.3, -0.25) is 4.99 Å². The molecule has 1 aromatic heterocycles. The van der Waals surface area contributed by atoms with Crippen molar-refractivity contribution in [3.63, 3.8) is 0 Å². The third kappa shape index (κ3) is 8.23. The van der Waals surface area contributed by atoms with Crippen LogP contribution in [0.25, 0.3) is 0 Å². The Bertz CT molecular complexity index is 533. The number of ether oxygens (including phenoxy) is 1. The molecule has 27 heavy (non-hydrogen) atoms. The molecule has 1 aromatic rings. The van der Waals surface area contributed by atoms with Crippen molar-refractivity contribution in [1.82, 2.24) is 10.6 Å². The second-order valence-corrected chi connectivity index (χ2v) is 8.84. The van der Waals surface area contributed by atoms with Crippen LogP contribution < -0.4 is 10.6 Å². The number of rotatable bonds is 8. The van der Waals surface area contributed by atoms with Gasteiger partial charge < -0.3 is 19.8 Å². The third-order valence-corrected chi connectivity index (χ3v) is 6.38. The smallest absolute Gasteiger partial charge is 0.191 e. The maximum absolute atomic E-state index is 5.49. The summed E-state index contributed by atoms with van der Waals surface area (Å²) < 4.78 is 10.9. The normalized spacial score (nSPS) is 25.8. The Morgan fingerprint density at radius 3 is 3.00 bits per heavy atom. The Morgan fingerprint density at radius 1 is 1.33 bits per heavy atom. The van der Waals surface area contributed by atoms with E-state index in [0.717, 1.165) is 56.1 Å². The number of thioether (sulfide) groups is 1. The van der Waals surface area contributed by atoms with E-state index in [1.54, 1.807) is 6.26 Å².